The van der Waals surface area contributed by atoms with Crippen LogP contribution in [0.4, 0.5) is 0 Å². The van der Waals surface area contributed by atoms with E-state index in [1.165, 1.54) is 15.3 Å². The summed E-state index contributed by atoms with van der Waals surface area (Å²) in [7, 11) is 0. The van der Waals surface area contributed by atoms with Crippen LogP contribution in [0.3, 0.4) is 0 Å². The van der Waals surface area contributed by atoms with Crippen molar-refractivity contribution in [3.63, 3.8) is 0 Å². The highest BCUT2D eigenvalue weighted by Crippen LogP contribution is 2.28. The third-order valence-corrected chi connectivity index (χ3v) is 3.17. The number of aliphatic hydroxyl groups is 1. The van der Waals surface area contributed by atoms with Gasteiger partial charge >= 0.3 is 0 Å². The Morgan fingerprint density at radius 1 is 1.07 bits per heavy atom. The minimum absolute atomic E-state index is 0.0958. The van der Waals surface area contributed by atoms with E-state index in [0.717, 1.165) is 0 Å². The maximum Gasteiger partial charge on any atom is 0.0615 e. The molecule has 0 radical (unpaired) electrons. The van der Waals surface area contributed by atoms with Gasteiger partial charge in [-0.25, -0.2) is 0 Å². The fraction of sp³-hybridized carbons (Fsp3) is 0.0769. The summed E-state index contributed by atoms with van der Waals surface area (Å²) in [4.78, 5) is 2.43. The van der Waals surface area contributed by atoms with E-state index in [-0.39, 0.29) is 6.61 Å². The Bertz CT molecular complexity index is 443. The van der Waals surface area contributed by atoms with Crippen LogP contribution in [0.5, 0.6) is 0 Å². The predicted molar refractivity (Wildman–Crippen MR) is 65.9 cm³/mol. The molecule has 0 aliphatic carbocycles. The molecule has 0 fully saturated rings. The van der Waals surface area contributed by atoms with Crippen molar-refractivity contribution in [3.05, 3.63) is 53.4 Å². The highest BCUT2D eigenvalue weighted by molar-refractivity contribution is 7.16. The number of hydrogen-bond donors (Lipinski definition) is 1. The van der Waals surface area contributed by atoms with Crippen molar-refractivity contribution in [3.8, 4) is 10.4 Å². The van der Waals surface area contributed by atoms with Crippen LogP contribution in [-0.2, 0) is 0 Å². The fourth-order valence-electron chi connectivity index (χ4n) is 1.37. The zero-order valence-corrected chi connectivity index (χ0v) is 9.08. The quantitative estimate of drug-likeness (QED) is 0.833. The van der Waals surface area contributed by atoms with E-state index in [1.807, 2.05) is 24.3 Å². The third-order valence-electron chi connectivity index (χ3n) is 2.07. The van der Waals surface area contributed by atoms with Crippen LogP contribution in [0.2, 0.25) is 0 Å². The smallest absolute Gasteiger partial charge is 0.0615 e. The Morgan fingerprint density at radius 3 is 2.60 bits per heavy atom. The zero-order chi connectivity index (χ0) is 10.5. The van der Waals surface area contributed by atoms with E-state index < -0.39 is 0 Å². The van der Waals surface area contributed by atoms with Crippen LogP contribution in [0.1, 0.15) is 4.88 Å². The lowest BCUT2D eigenvalue weighted by Gasteiger charge is -1.94. The summed E-state index contributed by atoms with van der Waals surface area (Å²) in [5, 5.41) is 8.67. The molecule has 0 saturated carbocycles. The van der Waals surface area contributed by atoms with Gasteiger partial charge in [-0.3, -0.25) is 0 Å². The first-order chi connectivity index (χ1) is 7.40. The van der Waals surface area contributed by atoms with E-state index in [4.69, 9.17) is 5.11 Å². The zero-order valence-electron chi connectivity index (χ0n) is 8.26. The number of hydrogen-bond acceptors (Lipinski definition) is 2. The molecule has 2 aromatic rings. The molecular weight excluding hydrogens is 204 g/mol. The second kappa shape index (κ2) is 4.91. The summed E-state index contributed by atoms with van der Waals surface area (Å²) in [5.74, 6) is 0. The number of aliphatic hydroxyl groups excluding tert-OH is 1. The normalized spacial score (nSPS) is 11.0. The van der Waals surface area contributed by atoms with Gasteiger partial charge in [0.2, 0.25) is 0 Å². The van der Waals surface area contributed by atoms with Crippen LogP contribution >= 0.6 is 11.3 Å². The average molecular weight is 216 g/mol. The highest BCUT2D eigenvalue weighted by atomic mass is 32.1. The first-order valence-corrected chi connectivity index (χ1v) is 5.64. The second-order valence-electron chi connectivity index (χ2n) is 3.15. The molecule has 0 unspecified atom stereocenters. The van der Waals surface area contributed by atoms with Crippen molar-refractivity contribution in [2.45, 2.75) is 0 Å². The second-order valence-corrected chi connectivity index (χ2v) is 4.27. The molecule has 0 aliphatic heterocycles. The Morgan fingerprint density at radius 2 is 1.87 bits per heavy atom. The fourth-order valence-corrected chi connectivity index (χ4v) is 2.31. The number of rotatable bonds is 3. The largest absolute Gasteiger partial charge is 0.392 e. The van der Waals surface area contributed by atoms with E-state index in [2.05, 4.69) is 24.3 Å². The van der Waals surface area contributed by atoms with Crippen molar-refractivity contribution < 1.29 is 5.11 Å². The third kappa shape index (κ3) is 2.55. The molecule has 1 nitrogen and oxygen atoms in total. The topological polar surface area (TPSA) is 20.2 Å². The van der Waals surface area contributed by atoms with Gasteiger partial charge in [0.1, 0.15) is 0 Å². The molecular formula is C13H12OS. The number of thiophene rings is 1. The van der Waals surface area contributed by atoms with Gasteiger partial charge in [0, 0.05) is 9.75 Å². The SMILES string of the molecule is OCC=Cc1ccc(-c2ccccc2)s1. The molecule has 0 amide bonds. The van der Waals surface area contributed by atoms with Gasteiger partial charge in [-0.2, -0.15) is 0 Å². The maximum absolute atomic E-state index is 8.67. The van der Waals surface area contributed by atoms with Crippen molar-refractivity contribution in [1.29, 1.82) is 0 Å². The first kappa shape index (κ1) is 10.1. The van der Waals surface area contributed by atoms with Gasteiger partial charge in [-0.15, -0.1) is 11.3 Å². The Kier molecular flexibility index (Phi) is 3.33. The minimum atomic E-state index is 0.0958. The van der Waals surface area contributed by atoms with Gasteiger partial charge in [-0.1, -0.05) is 36.4 Å². The Hall–Kier alpha value is -1.38. The molecule has 1 N–H and O–H groups in total. The summed E-state index contributed by atoms with van der Waals surface area (Å²) in [5.41, 5.74) is 1.24. The summed E-state index contributed by atoms with van der Waals surface area (Å²) < 4.78 is 0. The van der Waals surface area contributed by atoms with Crippen LogP contribution in [-0.4, -0.2) is 11.7 Å². The molecule has 2 heteroatoms. The van der Waals surface area contributed by atoms with E-state index in [9.17, 15) is 0 Å². The monoisotopic (exact) mass is 216 g/mol. The van der Waals surface area contributed by atoms with Gasteiger partial charge in [0.05, 0.1) is 6.61 Å². The molecule has 0 spiro atoms. The highest BCUT2D eigenvalue weighted by Gasteiger charge is 1.99. The standard InChI is InChI=1S/C13H12OS/c14-10-4-7-12-8-9-13(15-12)11-5-2-1-3-6-11/h1-9,14H,10H2. The van der Waals surface area contributed by atoms with E-state index in [1.54, 1.807) is 17.4 Å². The lowest BCUT2D eigenvalue weighted by Crippen LogP contribution is -1.68. The predicted octanol–water partition coefficient (Wildman–Crippen LogP) is 3.42. The molecule has 1 heterocycles. The van der Waals surface area contributed by atoms with Crippen molar-refractivity contribution in [2.24, 2.45) is 0 Å². The molecule has 0 aliphatic rings. The molecule has 0 saturated heterocycles. The van der Waals surface area contributed by atoms with Crippen LogP contribution < -0.4 is 0 Å². The molecule has 76 valence electrons. The molecule has 15 heavy (non-hydrogen) atoms. The molecule has 2 rings (SSSR count). The molecule has 0 atom stereocenters. The van der Waals surface area contributed by atoms with Crippen LogP contribution in [0, 0.1) is 0 Å². The molecule has 0 bridgehead atoms. The maximum atomic E-state index is 8.67. The lowest BCUT2D eigenvalue weighted by atomic mass is 10.2. The molecule has 1 aromatic heterocycles. The lowest BCUT2D eigenvalue weighted by molar-refractivity contribution is 0.343. The summed E-state index contributed by atoms with van der Waals surface area (Å²) in [6.07, 6.45) is 3.69. The van der Waals surface area contributed by atoms with E-state index in [0.29, 0.717) is 0 Å². The van der Waals surface area contributed by atoms with Crippen molar-refractivity contribution in [1.82, 2.24) is 0 Å². The Balaban J connectivity index is 2.24. The minimum Gasteiger partial charge on any atom is -0.392 e. The first-order valence-electron chi connectivity index (χ1n) is 4.83. The number of benzene rings is 1. The van der Waals surface area contributed by atoms with Gasteiger partial charge in [0.15, 0.2) is 0 Å². The van der Waals surface area contributed by atoms with Crippen LogP contribution in [0.15, 0.2) is 48.5 Å². The Labute approximate surface area is 93.3 Å². The van der Waals surface area contributed by atoms with Crippen molar-refractivity contribution >= 4 is 17.4 Å². The summed E-state index contributed by atoms with van der Waals surface area (Å²) >= 11 is 1.73. The van der Waals surface area contributed by atoms with Gasteiger partial charge in [0.25, 0.3) is 0 Å². The summed E-state index contributed by atoms with van der Waals surface area (Å²) in [6.45, 7) is 0.0958. The molecule has 1 aromatic carbocycles. The van der Waals surface area contributed by atoms with Crippen molar-refractivity contribution in [2.75, 3.05) is 6.61 Å². The van der Waals surface area contributed by atoms with Gasteiger partial charge < -0.3 is 5.11 Å². The van der Waals surface area contributed by atoms with Gasteiger partial charge in [-0.05, 0) is 23.8 Å². The van der Waals surface area contributed by atoms with Crippen LogP contribution in [0.25, 0.3) is 16.5 Å². The average Bonchev–Trinajstić information content (AvgIpc) is 2.76. The summed E-state index contributed by atoms with van der Waals surface area (Å²) in [6, 6.07) is 14.5. The van der Waals surface area contributed by atoms with E-state index >= 15 is 0 Å².